The van der Waals surface area contributed by atoms with Crippen molar-refractivity contribution in [3.8, 4) is 10.6 Å². The molecule has 1 amide bonds. The number of rotatable bonds is 3. The summed E-state index contributed by atoms with van der Waals surface area (Å²) >= 11 is 1.75. The zero-order valence-electron chi connectivity index (χ0n) is 17.5. The Labute approximate surface area is 181 Å². The number of piperidine rings is 2. The van der Waals surface area contributed by atoms with E-state index in [0.717, 1.165) is 37.5 Å². The second-order valence-corrected chi connectivity index (χ2v) is 9.27. The monoisotopic (exact) mass is 431 g/mol. The third kappa shape index (κ3) is 4.88. The van der Waals surface area contributed by atoms with Crippen LogP contribution in [0.2, 0.25) is 0 Å². The number of aliphatic hydroxyl groups is 1. The van der Waals surface area contributed by atoms with E-state index in [1.165, 1.54) is 16.0 Å². The summed E-state index contributed by atoms with van der Waals surface area (Å²) in [4.78, 5) is 31.1. The highest BCUT2D eigenvalue weighted by molar-refractivity contribution is 7.15. The van der Waals surface area contributed by atoms with Crippen molar-refractivity contribution in [2.45, 2.75) is 38.8 Å². The van der Waals surface area contributed by atoms with Crippen molar-refractivity contribution in [1.82, 2.24) is 14.8 Å². The minimum Gasteiger partial charge on any atom is -0.483 e. The lowest BCUT2D eigenvalue weighted by Crippen LogP contribution is -2.56. The van der Waals surface area contributed by atoms with Crippen molar-refractivity contribution < 1.29 is 19.8 Å². The molecule has 2 aliphatic heterocycles. The molecule has 0 bridgehead atoms. The fourth-order valence-corrected chi connectivity index (χ4v) is 5.55. The number of likely N-dealkylation sites (tertiary alicyclic amines) is 2. The number of aromatic nitrogens is 1. The molecule has 0 saturated carbocycles. The number of aryl methyl sites for hydroxylation is 1. The van der Waals surface area contributed by atoms with Gasteiger partial charge < -0.3 is 15.1 Å². The average Bonchev–Trinajstić information content (AvgIpc) is 3.17. The fraction of sp³-hybridized carbons (Fsp3) is 0.500. The number of nitrogens with zero attached hydrogens (tertiary/aromatic N) is 3. The maximum Gasteiger partial charge on any atom is 0.290 e. The van der Waals surface area contributed by atoms with Gasteiger partial charge in [0, 0.05) is 36.8 Å². The smallest absolute Gasteiger partial charge is 0.290 e. The van der Waals surface area contributed by atoms with E-state index < -0.39 is 6.10 Å². The maximum atomic E-state index is 12.7. The molecule has 3 heterocycles. The molecule has 1 aromatic carbocycles. The Morgan fingerprint density at radius 3 is 2.63 bits per heavy atom. The Hall–Kier alpha value is -2.29. The number of thiazole rings is 1. The lowest BCUT2D eigenvalue weighted by atomic mass is 9.71. The molecule has 1 atom stereocenters. The van der Waals surface area contributed by atoms with Crippen LogP contribution in [0.4, 0.5) is 0 Å². The van der Waals surface area contributed by atoms with Gasteiger partial charge in [-0.25, -0.2) is 4.98 Å². The highest BCUT2D eigenvalue weighted by Gasteiger charge is 2.47. The summed E-state index contributed by atoms with van der Waals surface area (Å²) in [6.07, 6.45) is 3.87. The van der Waals surface area contributed by atoms with Crippen LogP contribution in [0.3, 0.4) is 0 Å². The molecule has 4 rings (SSSR count). The van der Waals surface area contributed by atoms with Crippen molar-refractivity contribution in [3.05, 3.63) is 40.9 Å². The van der Waals surface area contributed by atoms with Gasteiger partial charge in [-0.3, -0.25) is 14.5 Å². The zero-order chi connectivity index (χ0) is 21.7. The molecule has 2 fully saturated rings. The lowest BCUT2D eigenvalue weighted by Gasteiger charge is -2.46. The second-order valence-electron chi connectivity index (χ2n) is 8.15. The van der Waals surface area contributed by atoms with Gasteiger partial charge in [0.1, 0.15) is 5.01 Å². The number of hydrogen-bond acceptors (Lipinski definition) is 6. The van der Waals surface area contributed by atoms with Gasteiger partial charge in [0.2, 0.25) is 5.91 Å². The van der Waals surface area contributed by atoms with Crippen LogP contribution in [0.5, 0.6) is 0 Å². The first-order chi connectivity index (χ1) is 14.4. The third-order valence-corrected chi connectivity index (χ3v) is 7.05. The van der Waals surface area contributed by atoms with Crippen LogP contribution in [0, 0.1) is 12.3 Å². The molecule has 0 aliphatic carbocycles. The summed E-state index contributed by atoms with van der Waals surface area (Å²) < 4.78 is 0. The number of aliphatic hydroxyl groups excluding tert-OH is 1. The van der Waals surface area contributed by atoms with Gasteiger partial charge in [0.05, 0.1) is 11.5 Å². The van der Waals surface area contributed by atoms with Crippen LogP contribution in [0.25, 0.3) is 10.6 Å². The minimum atomic E-state index is -0.391. The van der Waals surface area contributed by atoms with E-state index in [1.807, 2.05) is 13.2 Å². The first kappa shape index (κ1) is 22.4. The second kappa shape index (κ2) is 9.68. The molecule has 1 spiro atoms. The highest BCUT2D eigenvalue weighted by Crippen LogP contribution is 2.41. The third-order valence-electron chi connectivity index (χ3n) is 6.03. The Bertz CT molecular complexity index is 877. The standard InChI is InChI=1S/C21H27N3O2S.CH2O2/c1-15-5-3-4-6-18(15)19-22-12-17(27-19)14-24-9-7-21(8-10-24)11-16(25)13-23(2)20(21)26;2-1-3/h3-6,12,16,25H,7-11,13-14H2,1-2H3;1H,(H,2,3). The number of carbonyl (C=O) groups excluding carboxylic acids is 1. The van der Waals surface area contributed by atoms with E-state index in [0.29, 0.717) is 13.0 Å². The Kier molecular flexibility index (Phi) is 7.23. The van der Waals surface area contributed by atoms with Gasteiger partial charge in [-0.15, -0.1) is 11.3 Å². The van der Waals surface area contributed by atoms with E-state index >= 15 is 0 Å². The minimum absolute atomic E-state index is 0.215. The van der Waals surface area contributed by atoms with Gasteiger partial charge in [-0.2, -0.15) is 0 Å². The molecular formula is C22H29N3O4S. The molecule has 162 valence electrons. The molecule has 30 heavy (non-hydrogen) atoms. The van der Waals surface area contributed by atoms with Gasteiger partial charge >= 0.3 is 0 Å². The predicted molar refractivity (Wildman–Crippen MR) is 116 cm³/mol. The lowest BCUT2D eigenvalue weighted by molar-refractivity contribution is -0.154. The summed E-state index contributed by atoms with van der Waals surface area (Å²) in [6, 6.07) is 8.35. The van der Waals surface area contributed by atoms with E-state index in [9.17, 15) is 9.90 Å². The van der Waals surface area contributed by atoms with Gasteiger partial charge in [0.25, 0.3) is 6.47 Å². The summed E-state index contributed by atoms with van der Waals surface area (Å²) in [7, 11) is 1.81. The number of carboxylic acid groups (broad SMARTS) is 1. The number of carbonyl (C=O) groups is 2. The van der Waals surface area contributed by atoms with Crippen molar-refractivity contribution in [2.24, 2.45) is 5.41 Å². The van der Waals surface area contributed by atoms with Crippen LogP contribution < -0.4 is 0 Å². The SMILES string of the molecule is Cc1ccccc1-c1ncc(CN2CCC3(CC2)CC(O)CN(C)C3=O)s1.O=CO. The molecule has 2 aliphatic rings. The quantitative estimate of drug-likeness (QED) is 0.726. The number of likely N-dealkylation sites (N-methyl/N-ethyl adjacent to an activating group) is 1. The zero-order valence-corrected chi connectivity index (χ0v) is 18.3. The van der Waals surface area contributed by atoms with Gasteiger partial charge in [-0.1, -0.05) is 24.3 Å². The van der Waals surface area contributed by atoms with Crippen molar-refractivity contribution in [1.29, 1.82) is 0 Å². The van der Waals surface area contributed by atoms with E-state index in [4.69, 9.17) is 9.90 Å². The topological polar surface area (TPSA) is 94.0 Å². The summed E-state index contributed by atoms with van der Waals surface area (Å²) in [5.41, 5.74) is 2.09. The average molecular weight is 432 g/mol. The fourth-order valence-electron chi connectivity index (χ4n) is 4.50. The molecule has 2 aromatic rings. The first-order valence-electron chi connectivity index (χ1n) is 10.1. The summed E-state index contributed by atoms with van der Waals surface area (Å²) in [5, 5.41) is 18.1. The number of hydrogen-bond donors (Lipinski definition) is 2. The molecule has 1 aromatic heterocycles. The van der Waals surface area contributed by atoms with Crippen LogP contribution in [-0.4, -0.2) is 70.2 Å². The summed E-state index contributed by atoms with van der Waals surface area (Å²) in [6.45, 7) is 5.00. The largest absolute Gasteiger partial charge is 0.483 e. The first-order valence-corrected chi connectivity index (χ1v) is 10.9. The van der Waals surface area contributed by atoms with Crippen LogP contribution >= 0.6 is 11.3 Å². The molecular weight excluding hydrogens is 402 g/mol. The van der Waals surface area contributed by atoms with Crippen LogP contribution in [0.15, 0.2) is 30.5 Å². The molecule has 1 unspecified atom stereocenters. The summed E-state index contributed by atoms with van der Waals surface area (Å²) in [5.74, 6) is 0.215. The van der Waals surface area contributed by atoms with Crippen molar-refractivity contribution in [2.75, 3.05) is 26.7 Å². The normalized spacial score (nSPS) is 21.2. The van der Waals surface area contributed by atoms with E-state index in [1.54, 1.807) is 16.2 Å². The Morgan fingerprint density at radius 1 is 1.30 bits per heavy atom. The van der Waals surface area contributed by atoms with Crippen molar-refractivity contribution in [3.63, 3.8) is 0 Å². The Balaban J connectivity index is 0.000000806. The predicted octanol–water partition coefficient (Wildman–Crippen LogP) is 2.62. The van der Waals surface area contributed by atoms with E-state index in [-0.39, 0.29) is 17.8 Å². The van der Waals surface area contributed by atoms with Crippen LogP contribution in [-0.2, 0) is 16.1 Å². The number of amides is 1. The van der Waals surface area contributed by atoms with Crippen molar-refractivity contribution >= 4 is 23.7 Å². The number of β-amino-alcohol motifs (C(OH)–C–C–N with tert-alkyl or cyclic N) is 1. The van der Waals surface area contributed by atoms with Crippen LogP contribution in [0.1, 0.15) is 29.7 Å². The molecule has 2 N–H and O–H groups in total. The molecule has 0 radical (unpaired) electrons. The molecule has 8 heteroatoms. The van der Waals surface area contributed by atoms with E-state index in [2.05, 4.69) is 41.1 Å². The highest BCUT2D eigenvalue weighted by atomic mass is 32.1. The molecule has 2 saturated heterocycles. The maximum absolute atomic E-state index is 12.7. The van der Waals surface area contributed by atoms with Gasteiger partial charge in [-0.05, 0) is 44.8 Å². The Morgan fingerprint density at radius 2 is 1.97 bits per heavy atom. The van der Waals surface area contributed by atoms with Gasteiger partial charge in [0.15, 0.2) is 0 Å². The molecule has 7 nitrogen and oxygen atoms in total. The number of benzene rings is 1.